The maximum atomic E-state index is 9.64. The van der Waals surface area contributed by atoms with Crippen LogP contribution in [0.2, 0.25) is 0 Å². The van der Waals surface area contributed by atoms with Crippen molar-refractivity contribution in [2.45, 2.75) is 19.6 Å². The van der Waals surface area contributed by atoms with E-state index in [4.69, 9.17) is 19.2 Å². The molecule has 0 spiro atoms. The second kappa shape index (κ2) is 11.5. The van der Waals surface area contributed by atoms with Crippen LogP contribution in [0.15, 0.2) is 55.1 Å². The van der Waals surface area contributed by atoms with E-state index in [1.165, 1.54) is 5.56 Å². The Hall–Kier alpha value is -4.20. The number of nitriles is 1. The van der Waals surface area contributed by atoms with E-state index in [1.54, 1.807) is 31.1 Å². The van der Waals surface area contributed by atoms with E-state index < -0.39 is 0 Å². The highest BCUT2D eigenvalue weighted by atomic mass is 16.5. The first-order chi connectivity index (χ1) is 18.6. The van der Waals surface area contributed by atoms with Crippen LogP contribution < -0.4 is 14.4 Å². The predicted octanol–water partition coefficient (Wildman–Crippen LogP) is 3.41. The lowest BCUT2D eigenvalue weighted by Gasteiger charge is -2.35. The molecule has 10 heteroatoms. The average Bonchev–Trinajstić information content (AvgIpc) is 3.39. The number of piperazine rings is 1. The topological polar surface area (TPSA) is 101 Å². The van der Waals surface area contributed by atoms with Gasteiger partial charge in [-0.25, -0.2) is 14.5 Å². The van der Waals surface area contributed by atoms with Gasteiger partial charge < -0.3 is 19.1 Å². The molecule has 0 aliphatic carbocycles. The third-order valence-corrected chi connectivity index (χ3v) is 6.76. The van der Waals surface area contributed by atoms with Crippen molar-refractivity contribution in [2.24, 2.45) is 0 Å². The number of pyridine rings is 3. The van der Waals surface area contributed by atoms with Crippen LogP contribution in [0.3, 0.4) is 0 Å². The Balaban J connectivity index is 1.29. The van der Waals surface area contributed by atoms with Crippen molar-refractivity contribution in [1.29, 1.82) is 5.26 Å². The Morgan fingerprint density at radius 3 is 2.53 bits per heavy atom. The fourth-order valence-corrected chi connectivity index (χ4v) is 4.51. The fourth-order valence-electron chi connectivity index (χ4n) is 4.51. The van der Waals surface area contributed by atoms with Gasteiger partial charge in [0.15, 0.2) is 0 Å². The zero-order valence-corrected chi connectivity index (χ0v) is 21.9. The van der Waals surface area contributed by atoms with Gasteiger partial charge in [-0.1, -0.05) is 6.07 Å². The number of fused-ring (bicyclic) bond motifs is 1. The monoisotopic (exact) mass is 513 g/mol. The Morgan fingerprint density at radius 2 is 1.87 bits per heavy atom. The number of nitrogens with zero attached hydrogens (tertiary/aromatic N) is 7. The van der Waals surface area contributed by atoms with Gasteiger partial charge in [0.1, 0.15) is 24.2 Å². The zero-order chi connectivity index (χ0) is 26.5. The average molecular weight is 514 g/mol. The van der Waals surface area contributed by atoms with E-state index in [-0.39, 0.29) is 6.10 Å². The molecule has 10 nitrogen and oxygen atoms in total. The molecule has 5 rings (SSSR count). The summed E-state index contributed by atoms with van der Waals surface area (Å²) in [5, 5.41) is 14.0. The molecule has 1 atom stereocenters. The van der Waals surface area contributed by atoms with Crippen LogP contribution in [0, 0.1) is 11.3 Å². The minimum Gasteiger partial charge on any atom is -0.489 e. The largest absolute Gasteiger partial charge is 0.489 e. The molecule has 38 heavy (non-hydrogen) atoms. The van der Waals surface area contributed by atoms with E-state index in [0.717, 1.165) is 55.2 Å². The number of aromatic nitrogens is 4. The van der Waals surface area contributed by atoms with Crippen molar-refractivity contribution < 1.29 is 14.2 Å². The Bertz CT molecular complexity index is 1410. The van der Waals surface area contributed by atoms with Gasteiger partial charge in [0.05, 0.1) is 36.7 Å². The van der Waals surface area contributed by atoms with Crippen LogP contribution in [-0.4, -0.2) is 77.6 Å². The van der Waals surface area contributed by atoms with Crippen LogP contribution in [0.5, 0.6) is 11.6 Å². The van der Waals surface area contributed by atoms with Crippen molar-refractivity contribution >= 4 is 11.3 Å². The molecule has 0 bridgehead atoms. The van der Waals surface area contributed by atoms with E-state index >= 15 is 0 Å². The van der Waals surface area contributed by atoms with Crippen LogP contribution in [-0.2, 0) is 11.3 Å². The SMILES string of the molecule is COc1ccc(CN2CCN(c3ccc(-c4cc(OC[C@H](C)OC)cn5ncc(C#N)c45)cn3)CC2)cn1. The summed E-state index contributed by atoms with van der Waals surface area (Å²) in [5.41, 5.74) is 4.15. The van der Waals surface area contributed by atoms with Gasteiger partial charge in [0, 0.05) is 69.4 Å². The molecule has 1 fully saturated rings. The first-order valence-electron chi connectivity index (χ1n) is 12.6. The van der Waals surface area contributed by atoms with Crippen molar-refractivity contribution in [3.63, 3.8) is 0 Å². The summed E-state index contributed by atoms with van der Waals surface area (Å²) in [6, 6.07) is 12.2. The van der Waals surface area contributed by atoms with Crippen LogP contribution in [0.25, 0.3) is 16.6 Å². The van der Waals surface area contributed by atoms with Gasteiger partial charge in [-0.05, 0) is 30.7 Å². The number of ether oxygens (including phenoxy) is 3. The number of hydrogen-bond acceptors (Lipinski definition) is 9. The van der Waals surface area contributed by atoms with E-state index in [9.17, 15) is 5.26 Å². The summed E-state index contributed by atoms with van der Waals surface area (Å²) in [6.45, 7) is 6.88. The molecule has 5 heterocycles. The molecule has 1 aliphatic heterocycles. The normalized spacial score (nSPS) is 14.8. The van der Waals surface area contributed by atoms with Crippen molar-refractivity contribution in [3.8, 4) is 28.8 Å². The van der Waals surface area contributed by atoms with E-state index in [0.29, 0.717) is 23.8 Å². The molecule has 4 aromatic rings. The van der Waals surface area contributed by atoms with Crippen molar-refractivity contribution in [3.05, 3.63) is 66.2 Å². The van der Waals surface area contributed by atoms with Crippen molar-refractivity contribution in [2.75, 3.05) is 51.9 Å². The second-order valence-corrected chi connectivity index (χ2v) is 9.29. The molecule has 4 aromatic heterocycles. The molecule has 0 saturated carbocycles. The molecule has 0 unspecified atom stereocenters. The summed E-state index contributed by atoms with van der Waals surface area (Å²) in [6.07, 6.45) is 7.04. The third kappa shape index (κ3) is 5.54. The van der Waals surface area contributed by atoms with E-state index in [1.807, 2.05) is 43.6 Å². The highest BCUT2D eigenvalue weighted by molar-refractivity contribution is 5.85. The minimum absolute atomic E-state index is 0.0456. The Kier molecular flexibility index (Phi) is 7.67. The molecule has 0 aromatic carbocycles. The zero-order valence-electron chi connectivity index (χ0n) is 21.9. The van der Waals surface area contributed by atoms with Crippen LogP contribution in [0.4, 0.5) is 5.82 Å². The molecule has 0 N–H and O–H groups in total. The summed E-state index contributed by atoms with van der Waals surface area (Å²) < 4.78 is 18.1. The smallest absolute Gasteiger partial charge is 0.212 e. The molecule has 0 radical (unpaired) electrons. The highest BCUT2D eigenvalue weighted by Gasteiger charge is 2.19. The minimum atomic E-state index is -0.0456. The van der Waals surface area contributed by atoms with Crippen molar-refractivity contribution in [1.82, 2.24) is 24.5 Å². The molecule has 1 aliphatic rings. The van der Waals surface area contributed by atoms with Gasteiger partial charge >= 0.3 is 0 Å². The van der Waals surface area contributed by atoms with Crippen LogP contribution in [0.1, 0.15) is 18.1 Å². The first kappa shape index (κ1) is 25.4. The maximum absolute atomic E-state index is 9.64. The standard InChI is InChI=1S/C28H31N7O3/c1-20(36-2)19-38-24-12-25(28-23(13-29)16-32-35(28)18-24)22-5-6-26(30-15-22)34-10-8-33(9-11-34)17-21-4-7-27(37-3)31-14-21/h4-7,12,14-16,18,20H,8-11,17,19H2,1-3H3/t20-/m0/s1. The van der Waals surface area contributed by atoms with Gasteiger partial charge in [-0.3, -0.25) is 4.90 Å². The molecule has 196 valence electrons. The van der Waals surface area contributed by atoms with Gasteiger partial charge in [-0.2, -0.15) is 10.4 Å². The summed E-state index contributed by atoms with van der Waals surface area (Å²) in [4.78, 5) is 13.8. The Morgan fingerprint density at radius 1 is 1.03 bits per heavy atom. The number of methoxy groups -OCH3 is 2. The van der Waals surface area contributed by atoms with Crippen LogP contribution >= 0.6 is 0 Å². The van der Waals surface area contributed by atoms with E-state index in [2.05, 4.69) is 32.0 Å². The summed E-state index contributed by atoms with van der Waals surface area (Å²) in [7, 11) is 3.28. The van der Waals surface area contributed by atoms with Gasteiger partial charge in [0.25, 0.3) is 0 Å². The third-order valence-electron chi connectivity index (χ3n) is 6.76. The number of rotatable bonds is 9. The molecular weight excluding hydrogens is 482 g/mol. The first-order valence-corrected chi connectivity index (χ1v) is 12.6. The predicted molar refractivity (Wildman–Crippen MR) is 143 cm³/mol. The van der Waals surface area contributed by atoms with Gasteiger partial charge in [0.2, 0.25) is 5.88 Å². The number of hydrogen-bond donors (Lipinski definition) is 0. The molecule has 0 amide bonds. The summed E-state index contributed by atoms with van der Waals surface area (Å²) >= 11 is 0. The highest BCUT2D eigenvalue weighted by Crippen LogP contribution is 2.31. The fraction of sp³-hybridized carbons (Fsp3) is 0.357. The molecule has 1 saturated heterocycles. The number of anilines is 1. The van der Waals surface area contributed by atoms with Gasteiger partial charge in [-0.15, -0.1) is 0 Å². The Labute approximate surface area is 222 Å². The lowest BCUT2D eigenvalue weighted by atomic mass is 10.1. The molecular formula is C28H31N7O3. The quantitative estimate of drug-likeness (QED) is 0.333. The maximum Gasteiger partial charge on any atom is 0.212 e. The lowest BCUT2D eigenvalue weighted by molar-refractivity contribution is 0.0715. The lowest BCUT2D eigenvalue weighted by Crippen LogP contribution is -2.46. The summed E-state index contributed by atoms with van der Waals surface area (Å²) in [5.74, 6) is 2.22. The second-order valence-electron chi connectivity index (χ2n) is 9.29.